The number of pyridine rings is 1. The number of anilines is 1. The third kappa shape index (κ3) is 3.64. The van der Waals surface area contributed by atoms with Gasteiger partial charge >= 0.3 is 0 Å². The van der Waals surface area contributed by atoms with Crippen molar-refractivity contribution in [2.75, 3.05) is 18.0 Å². The second kappa shape index (κ2) is 7.71. The normalized spacial score (nSPS) is 19.1. The van der Waals surface area contributed by atoms with E-state index in [4.69, 9.17) is 25.8 Å². The molecule has 0 amide bonds. The van der Waals surface area contributed by atoms with Crippen LogP contribution in [0, 0.1) is 12.7 Å². The lowest BCUT2D eigenvalue weighted by Crippen LogP contribution is -2.43. The number of aromatic nitrogens is 6. The molecule has 9 nitrogen and oxygen atoms in total. The molecule has 0 bridgehead atoms. The van der Waals surface area contributed by atoms with E-state index in [-0.39, 0.29) is 11.1 Å². The van der Waals surface area contributed by atoms with Gasteiger partial charge in [-0.1, -0.05) is 22.8 Å². The number of nitrogens with zero attached hydrogens (tertiary/aromatic N) is 7. The summed E-state index contributed by atoms with van der Waals surface area (Å²) in [5, 5.41) is 3.84. The van der Waals surface area contributed by atoms with Crippen molar-refractivity contribution in [3.05, 3.63) is 65.9 Å². The molecule has 1 saturated heterocycles. The quantitative estimate of drug-likeness (QED) is 0.445. The topological polar surface area (TPSA) is 94.5 Å². The summed E-state index contributed by atoms with van der Waals surface area (Å²) in [5.41, 5.74) is 1.01. The lowest BCUT2D eigenvalue weighted by Gasteiger charge is -2.36. The molecule has 31 heavy (non-hydrogen) atoms. The summed E-state index contributed by atoms with van der Waals surface area (Å²) in [6.07, 6.45) is 5.76. The van der Waals surface area contributed by atoms with Gasteiger partial charge in [0.25, 0.3) is 5.89 Å². The van der Waals surface area contributed by atoms with Crippen molar-refractivity contribution in [1.82, 2.24) is 29.5 Å². The van der Waals surface area contributed by atoms with E-state index >= 15 is 0 Å². The Morgan fingerprint density at radius 2 is 2.16 bits per heavy atom. The molecule has 4 aromatic rings. The molecule has 2 atom stereocenters. The van der Waals surface area contributed by atoms with Crippen molar-refractivity contribution in [3.8, 4) is 11.5 Å². The summed E-state index contributed by atoms with van der Waals surface area (Å²) in [4.78, 5) is 19.6. The Balaban J connectivity index is 1.49. The first kappa shape index (κ1) is 19.6. The lowest BCUT2D eigenvalue weighted by molar-refractivity contribution is -0.0194. The lowest BCUT2D eigenvalue weighted by atomic mass is 10.2. The van der Waals surface area contributed by atoms with E-state index in [2.05, 4.69) is 26.7 Å². The molecular formula is C20H17ClFN7O2. The van der Waals surface area contributed by atoms with Gasteiger partial charge in [0.1, 0.15) is 23.0 Å². The molecule has 11 heteroatoms. The van der Waals surface area contributed by atoms with Crippen LogP contribution in [0.2, 0.25) is 5.02 Å². The number of hydrogen-bond donors (Lipinski definition) is 0. The van der Waals surface area contributed by atoms with Gasteiger partial charge < -0.3 is 14.2 Å². The first-order valence-electron chi connectivity index (χ1n) is 9.50. The highest BCUT2D eigenvalue weighted by Crippen LogP contribution is 2.29. The van der Waals surface area contributed by atoms with Crippen molar-refractivity contribution >= 4 is 23.1 Å². The largest absolute Gasteiger partial charge is 0.357 e. The van der Waals surface area contributed by atoms with Crippen LogP contribution in [-0.4, -0.2) is 48.7 Å². The van der Waals surface area contributed by atoms with E-state index in [0.29, 0.717) is 47.8 Å². The van der Waals surface area contributed by atoms with Crippen LogP contribution in [0.25, 0.3) is 17.2 Å². The number of halogens is 2. The molecule has 0 saturated carbocycles. The minimum absolute atomic E-state index is 0.0115. The van der Waals surface area contributed by atoms with Crippen molar-refractivity contribution in [2.45, 2.75) is 19.1 Å². The van der Waals surface area contributed by atoms with Gasteiger partial charge in [0.2, 0.25) is 0 Å². The second-order valence-electron chi connectivity index (χ2n) is 7.06. The maximum atomic E-state index is 13.8. The van der Waals surface area contributed by atoms with Crippen molar-refractivity contribution in [3.63, 3.8) is 0 Å². The zero-order valence-electron chi connectivity index (χ0n) is 16.4. The number of fused-ring (bicyclic) bond motifs is 1. The minimum Gasteiger partial charge on any atom is -0.357 e. The summed E-state index contributed by atoms with van der Waals surface area (Å²) in [6, 6.07) is 3.07. The van der Waals surface area contributed by atoms with Crippen molar-refractivity contribution in [1.29, 1.82) is 0 Å². The molecule has 5 heterocycles. The van der Waals surface area contributed by atoms with E-state index in [1.54, 1.807) is 35.9 Å². The van der Waals surface area contributed by atoms with Crippen LogP contribution < -0.4 is 4.90 Å². The highest BCUT2D eigenvalue weighted by molar-refractivity contribution is 6.30. The average Bonchev–Trinajstić information content (AvgIpc) is 3.40. The molecule has 4 aromatic heterocycles. The predicted molar refractivity (Wildman–Crippen MR) is 110 cm³/mol. The number of rotatable bonds is 4. The molecule has 0 radical (unpaired) electrons. The molecule has 158 valence electrons. The Labute approximate surface area is 181 Å². The first-order chi connectivity index (χ1) is 15.0. The van der Waals surface area contributed by atoms with E-state index in [1.807, 2.05) is 4.90 Å². The Morgan fingerprint density at radius 3 is 2.94 bits per heavy atom. The third-order valence-corrected chi connectivity index (χ3v) is 5.23. The number of morpholine rings is 1. The highest BCUT2D eigenvalue weighted by Gasteiger charge is 2.32. The summed E-state index contributed by atoms with van der Waals surface area (Å²) in [7, 11) is 0. The van der Waals surface area contributed by atoms with Gasteiger partial charge in [-0.05, 0) is 13.0 Å². The van der Waals surface area contributed by atoms with Crippen LogP contribution in [0.4, 0.5) is 10.2 Å². The Bertz CT molecular complexity index is 1270. The SMILES string of the molecule is C=C[C@@H]1CN(c2ccnc(-c3cnc4cc(F)c(Cl)cn34)n2)C[C@H](c2nc(C)no2)O1. The molecule has 0 aliphatic carbocycles. The van der Waals surface area contributed by atoms with Gasteiger partial charge in [-0.2, -0.15) is 4.98 Å². The molecule has 0 N–H and O–H groups in total. The van der Waals surface area contributed by atoms with Crippen molar-refractivity contribution in [2.24, 2.45) is 0 Å². The van der Waals surface area contributed by atoms with Gasteiger partial charge in [-0.3, -0.25) is 4.40 Å². The molecule has 1 aliphatic rings. The van der Waals surface area contributed by atoms with Gasteiger partial charge in [-0.15, -0.1) is 6.58 Å². The summed E-state index contributed by atoms with van der Waals surface area (Å²) >= 11 is 5.95. The smallest absolute Gasteiger partial charge is 0.257 e. The second-order valence-corrected chi connectivity index (χ2v) is 7.47. The average molecular weight is 442 g/mol. The van der Waals surface area contributed by atoms with Gasteiger partial charge in [0, 0.05) is 25.0 Å². The summed E-state index contributed by atoms with van der Waals surface area (Å²) < 4.78 is 26.7. The maximum absolute atomic E-state index is 13.8. The molecule has 0 aromatic carbocycles. The highest BCUT2D eigenvalue weighted by atomic mass is 35.5. The van der Waals surface area contributed by atoms with Crippen molar-refractivity contribution < 1.29 is 13.7 Å². The molecule has 1 fully saturated rings. The van der Waals surface area contributed by atoms with Gasteiger partial charge in [0.05, 0.1) is 23.9 Å². The van der Waals surface area contributed by atoms with E-state index < -0.39 is 11.9 Å². The maximum Gasteiger partial charge on any atom is 0.257 e. The molecule has 0 unspecified atom stereocenters. The fraction of sp³-hybridized carbons (Fsp3) is 0.250. The molecule has 1 aliphatic heterocycles. The van der Waals surface area contributed by atoms with Gasteiger partial charge in [0.15, 0.2) is 17.8 Å². The Morgan fingerprint density at radius 1 is 1.29 bits per heavy atom. The molecule has 5 rings (SSSR count). The number of hydrogen-bond acceptors (Lipinski definition) is 8. The number of ether oxygens (including phenoxy) is 1. The summed E-state index contributed by atoms with van der Waals surface area (Å²) in [6.45, 7) is 6.62. The molecule has 0 spiro atoms. The van der Waals surface area contributed by atoms with Crippen LogP contribution >= 0.6 is 11.6 Å². The van der Waals surface area contributed by atoms with Crippen LogP contribution in [-0.2, 0) is 4.74 Å². The fourth-order valence-corrected chi connectivity index (χ4v) is 3.63. The van der Waals surface area contributed by atoms with Gasteiger partial charge in [-0.25, -0.2) is 19.3 Å². The minimum atomic E-state index is -0.535. The third-order valence-electron chi connectivity index (χ3n) is 4.95. The zero-order valence-corrected chi connectivity index (χ0v) is 17.2. The predicted octanol–water partition coefficient (Wildman–Crippen LogP) is 3.41. The van der Waals surface area contributed by atoms with E-state index in [1.165, 1.54) is 12.3 Å². The zero-order chi connectivity index (χ0) is 21.5. The van der Waals surface area contributed by atoms with Crippen LogP contribution in [0.3, 0.4) is 0 Å². The van der Waals surface area contributed by atoms with Crippen LogP contribution in [0.15, 0.2) is 47.9 Å². The summed E-state index contributed by atoms with van der Waals surface area (Å²) in [5.74, 6) is 1.52. The Hall–Kier alpha value is -3.37. The standard InChI is InChI=1S/C20H17ClFN7O2/c1-3-12-8-28(10-16(30-12)20-25-11(2)27-31-20)17-4-5-23-19(26-17)15-7-24-18-6-14(22)13(21)9-29(15)18/h3-7,9,12,16H,1,8,10H2,2H3/t12-,16-/m1/s1. The van der Waals surface area contributed by atoms with Crippen LogP contribution in [0.5, 0.6) is 0 Å². The first-order valence-corrected chi connectivity index (χ1v) is 9.88. The fourth-order valence-electron chi connectivity index (χ4n) is 3.48. The monoisotopic (exact) mass is 441 g/mol. The van der Waals surface area contributed by atoms with E-state index in [0.717, 1.165) is 0 Å². The molecular weight excluding hydrogens is 425 g/mol. The van der Waals surface area contributed by atoms with Crippen LogP contribution in [0.1, 0.15) is 17.8 Å². The number of aryl methyl sites for hydroxylation is 1. The Kier molecular flexibility index (Phi) is 4.87. The van der Waals surface area contributed by atoms with E-state index in [9.17, 15) is 4.39 Å². The number of imidazole rings is 1.